The van der Waals surface area contributed by atoms with Gasteiger partial charge in [0.1, 0.15) is 0 Å². The third kappa shape index (κ3) is 3.66. The zero-order valence-electron chi connectivity index (χ0n) is 12.4. The number of anilines is 1. The highest BCUT2D eigenvalue weighted by atomic mass is 35.5. The fourth-order valence-corrected chi connectivity index (χ4v) is 3.05. The van der Waals surface area contributed by atoms with Crippen molar-refractivity contribution in [3.63, 3.8) is 0 Å². The molecule has 0 aromatic heterocycles. The molecule has 0 heterocycles. The van der Waals surface area contributed by atoms with Gasteiger partial charge in [0, 0.05) is 28.9 Å². The SMILES string of the molecule is CCN(/N=C(\C)c1cc(Cl)ccc1N)C1CCCCC1. The molecule has 1 aromatic carbocycles. The van der Waals surface area contributed by atoms with Crippen molar-refractivity contribution >= 4 is 23.0 Å². The van der Waals surface area contributed by atoms with Gasteiger partial charge in [-0.1, -0.05) is 30.9 Å². The molecule has 0 bridgehead atoms. The lowest BCUT2D eigenvalue weighted by atomic mass is 9.95. The predicted octanol–water partition coefficient (Wildman–Crippen LogP) is 4.30. The van der Waals surface area contributed by atoms with Gasteiger partial charge < -0.3 is 5.73 Å². The highest BCUT2D eigenvalue weighted by Crippen LogP contribution is 2.24. The molecule has 1 saturated carbocycles. The van der Waals surface area contributed by atoms with Crippen LogP contribution in [0.25, 0.3) is 0 Å². The van der Waals surface area contributed by atoms with Gasteiger partial charge >= 0.3 is 0 Å². The first-order chi connectivity index (χ1) is 9.61. The molecule has 1 aromatic rings. The van der Waals surface area contributed by atoms with Crippen LogP contribution in [0.2, 0.25) is 5.02 Å². The summed E-state index contributed by atoms with van der Waals surface area (Å²) in [6.45, 7) is 5.10. The Morgan fingerprint density at radius 2 is 2.05 bits per heavy atom. The van der Waals surface area contributed by atoms with Gasteiger partial charge in [0.25, 0.3) is 0 Å². The van der Waals surface area contributed by atoms with Crippen LogP contribution in [0.3, 0.4) is 0 Å². The second-order valence-corrected chi connectivity index (χ2v) is 5.90. The van der Waals surface area contributed by atoms with Crippen LogP contribution in [-0.4, -0.2) is 23.3 Å². The average molecular weight is 294 g/mol. The van der Waals surface area contributed by atoms with Crippen molar-refractivity contribution in [3.05, 3.63) is 28.8 Å². The first-order valence-corrected chi connectivity index (χ1v) is 7.87. The third-order valence-electron chi connectivity index (χ3n) is 4.00. The lowest BCUT2D eigenvalue weighted by Gasteiger charge is -2.31. The number of nitrogens with two attached hydrogens (primary N) is 1. The Labute approximate surface area is 126 Å². The van der Waals surface area contributed by atoms with Gasteiger partial charge in [-0.05, 0) is 44.9 Å². The van der Waals surface area contributed by atoms with Gasteiger partial charge in [-0.15, -0.1) is 0 Å². The maximum atomic E-state index is 6.06. The molecule has 0 unspecified atom stereocenters. The number of hydrogen-bond acceptors (Lipinski definition) is 3. The number of nitrogens with zero attached hydrogens (tertiary/aromatic N) is 2. The Bertz CT molecular complexity index is 479. The van der Waals surface area contributed by atoms with Crippen LogP contribution in [-0.2, 0) is 0 Å². The summed E-state index contributed by atoms with van der Waals surface area (Å²) in [5, 5.41) is 7.72. The minimum atomic E-state index is 0.573. The van der Waals surface area contributed by atoms with Gasteiger partial charge in [0.15, 0.2) is 0 Å². The predicted molar refractivity (Wildman–Crippen MR) is 87.3 cm³/mol. The van der Waals surface area contributed by atoms with Crippen LogP contribution in [0.4, 0.5) is 5.69 Å². The van der Waals surface area contributed by atoms with Crippen LogP contribution in [0, 0.1) is 0 Å². The minimum absolute atomic E-state index is 0.573. The number of hydrogen-bond donors (Lipinski definition) is 1. The molecule has 1 aliphatic rings. The standard InChI is InChI=1S/C16H24ClN3/c1-3-20(14-7-5-4-6-8-14)19-12(2)15-11-13(17)9-10-16(15)18/h9-11,14H,3-8,18H2,1-2H3/b19-12+. The van der Waals surface area contributed by atoms with E-state index < -0.39 is 0 Å². The second kappa shape index (κ2) is 6.98. The lowest BCUT2D eigenvalue weighted by Crippen LogP contribution is -2.33. The Hall–Kier alpha value is -1.22. The van der Waals surface area contributed by atoms with E-state index in [4.69, 9.17) is 22.4 Å². The fourth-order valence-electron chi connectivity index (χ4n) is 2.88. The molecular formula is C16H24ClN3. The maximum Gasteiger partial charge on any atom is 0.0668 e. The van der Waals surface area contributed by atoms with Crippen LogP contribution < -0.4 is 5.73 Å². The van der Waals surface area contributed by atoms with Gasteiger partial charge in [-0.3, -0.25) is 5.01 Å². The average Bonchev–Trinajstić information content (AvgIpc) is 2.48. The first-order valence-electron chi connectivity index (χ1n) is 7.49. The van der Waals surface area contributed by atoms with Crippen molar-refractivity contribution in [3.8, 4) is 0 Å². The number of hydrazone groups is 1. The number of rotatable bonds is 4. The maximum absolute atomic E-state index is 6.06. The van der Waals surface area contributed by atoms with Crippen molar-refractivity contribution in [2.45, 2.75) is 52.0 Å². The van der Waals surface area contributed by atoms with Crippen molar-refractivity contribution in [2.24, 2.45) is 5.10 Å². The molecule has 0 amide bonds. The number of benzene rings is 1. The van der Waals surface area contributed by atoms with Gasteiger partial charge in [0.05, 0.1) is 5.71 Å². The van der Waals surface area contributed by atoms with Crippen molar-refractivity contribution in [1.82, 2.24) is 5.01 Å². The molecule has 2 N–H and O–H groups in total. The van der Waals surface area contributed by atoms with Crippen LogP contribution in [0.1, 0.15) is 51.5 Å². The summed E-state index contributed by atoms with van der Waals surface area (Å²) in [5.74, 6) is 0. The summed E-state index contributed by atoms with van der Waals surface area (Å²) >= 11 is 6.06. The smallest absolute Gasteiger partial charge is 0.0668 e. The molecule has 0 saturated heterocycles. The zero-order chi connectivity index (χ0) is 14.5. The first kappa shape index (κ1) is 15.2. The zero-order valence-corrected chi connectivity index (χ0v) is 13.2. The third-order valence-corrected chi connectivity index (χ3v) is 4.24. The molecule has 0 aliphatic heterocycles. The van der Waals surface area contributed by atoms with E-state index >= 15 is 0 Å². The van der Waals surface area contributed by atoms with Crippen LogP contribution in [0.5, 0.6) is 0 Å². The van der Waals surface area contributed by atoms with Gasteiger partial charge in [-0.25, -0.2) is 0 Å². The molecule has 110 valence electrons. The van der Waals surface area contributed by atoms with E-state index in [0.717, 1.165) is 23.5 Å². The summed E-state index contributed by atoms with van der Waals surface area (Å²) in [7, 11) is 0. The minimum Gasteiger partial charge on any atom is -0.398 e. The Morgan fingerprint density at radius 1 is 1.35 bits per heavy atom. The summed E-state index contributed by atoms with van der Waals surface area (Å²) in [6, 6.07) is 6.12. The largest absolute Gasteiger partial charge is 0.398 e. The Balaban J connectivity index is 2.20. The quantitative estimate of drug-likeness (QED) is 0.511. The van der Waals surface area contributed by atoms with Crippen molar-refractivity contribution in [1.29, 1.82) is 0 Å². The van der Waals surface area contributed by atoms with Crippen LogP contribution >= 0.6 is 11.6 Å². The Morgan fingerprint density at radius 3 is 2.70 bits per heavy atom. The fraction of sp³-hybridized carbons (Fsp3) is 0.562. The van der Waals surface area contributed by atoms with Crippen molar-refractivity contribution < 1.29 is 0 Å². The van der Waals surface area contributed by atoms with E-state index in [1.165, 1.54) is 32.1 Å². The van der Waals surface area contributed by atoms with E-state index in [0.29, 0.717) is 11.1 Å². The molecule has 0 radical (unpaired) electrons. The molecular weight excluding hydrogens is 270 g/mol. The van der Waals surface area contributed by atoms with E-state index in [1.807, 2.05) is 25.1 Å². The summed E-state index contributed by atoms with van der Waals surface area (Å²) in [6.07, 6.45) is 6.48. The number of halogens is 1. The summed E-state index contributed by atoms with van der Waals surface area (Å²) in [5.41, 5.74) is 8.64. The normalized spacial score (nSPS) is 17.2. The topological polar surface area (TPSA) is 41.6 Å². The van der Waals surface area contributed by atoms with Crippen molar-refractivity contribution in [2.75, 3.05) is 12.3 Å². The van der Waals surface area contributed by atoms with Crippen LogP contribution in [0.15, 0.2) is 23.3 Å². The monoisotopic (exact) mass is 293 g/mol. The molecule has 1 fully saturated rings. The molecule has 0 spiro atoms. The molecule has 20 heavy (non-hydrogen) atoms. The van der Waals surface area contributed by atoms with E-state index in [9.17, 15) is 0 Å². The van der Waals surface area contributed by atoms with Gasteiger partial charge in [-0.2, -0.15) is 5.10 Å². The lowest BCUT2D eigenvalue weighted by molar-refractivity contribution is 0.170. The summed E-state index contributed by atoms with van der Waals surface area (Å²) < 4.78 is 0. The highest BCUT2D eigenvalue weighted by molar-refractivity contribution is 6.31. The van der Waals surface area contributed by atoms with E-state index in [1.54, 1.807) is 0 Å². The molecule has 1 aliphatic carbocycles. The highest BCUT2D eigenvalue weighted by Gasteiger charge is 2.19. The summed E-state index contributed by atoms with van der Waals surface area (Å²) in [4.78, 5) is 0. The van der Waals surface area contributed by atoms with Gasteiger partial charge in [0.2, 0.25) is 0 Å². The molecule has 0 atom stereocenters. The van der Waals surface area contributed by atoms with E-state index in [2.05, 4.69) is 11.9 Å². The molecule has 3 nitrogen and oxygen atoms in total. The molecule has 4 heteroatoms. The molecule has 2 rings (SSSR count). The Kier molecular flexibility index (Phi) is 5.30. The second-order valence-electron chi connectivity index (χ2n) is 5.46. The number of nitrogen functional groups attached to an aromatic ring is 1. The van der Waals surface area contributed by atoms with E-state index in [-0.39, 0.29) is 0 Å².